The monoisotopic (exact) mass is 328 g/mol. The van der Waals surface area contributed by atoms with Crippen LogP contribution in [0.2, 0.25) is 0 Å². The third kappa shape index (κ3) is 4.64. The Morgan fingerprint density at radius 3 is 2.50 bits per heavy atom. The molecule has 2 aromatic rings. The lowest BCUT2D eigenvalue weighted by Gasteiger charge is -2.07. The normalized spacial score (nSPS) is 10.0. The molecular weight excluding hydrogens is 312 g/mol. The summed E-state index contributed by atoms with van der Waals surface area (Å²) in [6.45, 7) is 1.99. The molecule has 7 nitrogen and oxygen atoms in total. The molecule has 0 aliphatic heterocycles. The van der Waals surface area contributed by atoms with Gasteiger partial charge in [-0.15, -0.1) is 0 Å². The lowest BCUT2D eigenvalue weighted by Crippen LogP contribution is -2.15. The van der Waals surface area contributed by atoms with E-state index in [-0.39, 0.29) is 24.6 Å². The minimum atomic E-state index is -0.495. The molecular formula is C17H16N2O5. The molecule has 2 aromatic carbocycles. The number of ether oxygens (including phenoxy) is 1. The molecule has 0 atom stereocenters. The van der Waals surface area contributed by atoms with Crippen molar-refractivity contribution in [1.82, 2.24) is 0 Å². The van der Waals surface area contributed by atoms with E-state index >= 15 is 0 Å². The maximum Gasteiger partial charge on any atom is 0.338 e. The zero-order chi connectivity index (χ0) is 17.5. The second-order valence-electron chi connectivity index (χ2n) is 4.95. The Hall–Kier alpha value is -3.22. The van der Waals surface area contributed by atoms with Crippen LogP contribution in [0.25, 0.3) is 0 Å². The molecule has 0 fully saturated rings. The van der Waals surface area contributed by atoms with Crippen LogP contribution in [0.15, 0.2) is 48.5 Å². The van der Waals surface area contributed by atoms with Gasteiger partial charge in [0.15, 0.2) is 0 Å². The van der Waals surface area contributed by atoms with Crippen molar-refractivity contribution in [1.29, 1.82) is 0 Å². The summed E-state index contributed by atoms with van der Waals surface area (Å²) in [6, 6.07) is 12.2. The van der Waals surface area contributed by atoms with Crippen LogP contribution in [0.4, 0.5) is 11.4 Å². The van der Waals surface area contributed by atoms with Gasteiger partial charge in [0.1, 0.15) is 0 Å². The number of esters is 1. The molecule has 0 saturated carbocycles. The van der Waals surface area contributed by atoms with Crippen LogP contribution in [0.5, 0.6) is 0 Å². The SMILES string of the molecule is CCOC(=O)c1cccc(NC(=O)Cc2ccc([N+](=O)[O-])cc2)c1. The van der Waals surface area contributed by atoms with Gasteiger partial charge in [0, 0.05) is 17.8 Å². The molecule has 1 N–H and O–H groups in total. The van der Waals surface area contributed by atoms with Crippen LogP contribution in [-0.2, 0) is 16.0 Å². The standard InChI is InChI=1S/C17H16N2O5/c1-2-24-17(21)13-4-3-5-14(11-13)18-16(20)10-12-6-8-15(9-7-12)19(22)23/h3-9,11H,2,10H2,1H3,(H,18,20). The third-order valence-electron chi connectivity index (χ3n) is 3.17. The summed E-state index contributed by atoms with van der Waals surface area (Å²) >= 11 is 0. The molecule has 0 saturated heterocycles. The van der Waals surface area contributed by atoms with Gasteiger partial charge in [0.25, 0.3) is 5.69 Å². The van der Waals surface area contributed by atoms with Gasteiger partial charge in [-0.2, -0.15) is 0 Å². The van der Waals surface area contributed by atoms with E-state index in [1.54, 1.807) is 25.1 Å². The highest BCUT2D eigenvalue weighted by atomic mass is 16.6. The Kier molecular flexibility index (Phi) is 5.62. The first-order valence-corrected chi connectivity index (χ1v) is 7.30. The molecule has 24 heavy (non-hydrogen) atoms. The minimum Gasteiger partial charge on any atom is -0.462 e. The van der Waals surface area contributed by atoms with Crippen LogP contribution >= 0.6 is 0 Å². The summed E-state index contributed by atoms with van der Waals surface area (Å²) in [7, 11) is 0. The molecule has 1 amide bonds. The maximum absolute atomic E-state index is 12.0. The number of nitro benzene ring substituents is 1. The summed E-state index contributed by atoms with van der Waals surface area (Å²) in [5.41, 5.74) is 1.46. The Labute approximate surface area is 138 Å². The van der Waals surface area contributed by atoms with Crippen molar-refractivity contribution in [2.45, 2.75) is 13.3 Å². The van der Waals surface area contributed by atoms with Gasteiger partial charge in [-0.25, -0.2) is 4.79 Å². The van der Waals surface area contributed by atoms with Crippen LogP contribution in [0, 0.1) is 10.1 Å². The first-order valence-electron chi connectivity index (χ1n) is 7.30. The molecule has 2 rings (SSSR count). The van der Waals surface area contributed by atoms with Gasteiger partial charge in [-0.3, -0.25) is 14.9 Å². The van der Waals surface area contributed by atoms with Crippen molar-refractivity contribution < 1.29 is 19.2 Å². The molecule has 0 spiro atoms. The van der Waals surface area contributed by atoms with Crippen molar-refractivity contribution in [3.63, 3.8) is 0 Å². The second kappa shape index (κ2) is 7.87. The van der Waals surface area contributed by atoms with Gasteiger partial charge >= 0.3 is 5.97 Å². The second-order valence-corrected chi connectivity index (χ2v) is 4.95. The summed E-state index contributed by atoms with van der Waals surface area (Å²) in [6.07, 6.45) is 0.0711. The molecule has 0 aromatic heterocycles. The quantitative estimate of drug-likeness (QED) is 0.499. The number of nitrogens with zero attached hydrogens (tertiary/aromatic N) is 1. The van der Waals surface area contributed by atoms with E-state index in [2.05, 4.69) is 5.32 Å². The Balaban J connectivity index is 2.00. The average molecular weight is 328 g/mol. The van der Waals surface area contributed by atoms with Crippen molar-refractivity contribution in [3.05, 3.63) is 69.8 Å². The number of nitrogens with one attached hydrogen (secondary N) is 1. The van der Waals surface area contributed by atoms with Crippen LogP contribution in [0.1, 0.15) is 22.8 Å². The van der Waals surface area contributed by atoms with Gasteiger partial charge in [0.05, 0.1) is 23.5 Å². The fourth-order valence-electron chi connectivity index (χ4n) is 2.06. The number of hydrogen-bond acceptors (Lipinski definition) is 5. The lowest BCUT2D eigenvalue weighted by atomic mass is 10.1. The number of carbonyl (C=O) groups is 2. The van der Waals surface area contributed by atoms with Crippen molar-refractivity contribution >= 4 is 23.3 Å². The highest BCUT2D eigenvalue weighted by molar-refractivity contribution is 5.95. The predicted octanol–water partition coefficient (Wildman–Crippen LogP) is 2.95. The largest absolute Gasteiger partial charge is 0.462 e. The van der Waals surface area contributed by atoms with E-state index < -0.39 is 10.9 Å². The fraction of sp³-hybridized carbons (Fsp3) is 0.176. The Morgan fingerprint density at radius 1 is 1.17 bits per heavy atom. The lowest BCUT2D eigenvalue weighted by molar-refractivity contribution is -0.384. The van der Waals surface area contributed by atoms with Gasteiger partial charge in [-0.1, -0.05) is 18.2 Å². The van der Waals surface area contributed by atoms with Crippen molar-refractivity contribution in [3.8, 4) is 0 Å². The zero-order valence-corrected chi connectivity index (χ0v) is 13.0. The smallest absolute Gasteiger partial charge is 0.338 e. The van der Waals surface area contributed by atoms with E-state index in [1.807, 2.05) is 0 Å². The van der Waals surface area contributed by atoms with E-state index in [1.165, 1.54) is 30.3 Å². The molecule has 0 aliphatic carbocycles. The number of carbonyl (C=O) groups excluding carboxylic acids is 2. The summed E-state index contributed by atoms with van der Waals surface area (Å²) in [4.78, 5) is 33.8. The fourth-order valence-corrected chi connectivity index (χ4v) is 2.06. The molecule has 0 aliphatic rings. The Morgan fingerprint density at radius 2 is 1.88 bits per heavy atom. The molecule has 0 bridgehead atoms. The first kappa shape index (κ1) is 17.1. The van der Waals surface area contributed by atoms with E-state index in [9.17, 15) is 19.7 Å². The maximum atomic E-state index is 12.0. The molecule has 7 heteroatoms. The number of benzene rings is 2. The third-order valence-corrected chi connectivity index (χ3v) is 3.17. The summed E-state index contributed by atoms with van der Waals surface area (Å²) < 4.78 is 4.91. The first-order chi connectivity index (χ1) is 11.5. The van der Waals surface area contributed by atoms with E-state index in [0.29, 0.717) is 16.8 Å². The average Bonchev–Trinajstić information content (AvgIpc) is 2.55. The molecule has 124 valence electrons. The van der Waals surface area contributed by atoms with Gasteiger partial charge < -0.3 is 10.1 Å². The number of non-ortho nitro benzene ring substituents is 1. The number of amides is 1. The predicted molar refractivity (Wildman–Crippen MR) is 87.8 cm³/mol. The number of rotatable bonds is 6. The summed E-state index contributed by atoms with van der Waals surface area (Å²) in [5.74, 6) is -0.742. The van der Waals surface area contributed by atoms with E-state index in [0.717, 1.165) is 0 Å². The molecule has 0 unspecified atom stereocenters. The number of hydrogen-bond donors (Lipinski definition) is 1. The summed E-state index contributed by atoms with van der Waals surface area (Å²) in [5, 5.41) is 13.3. The minimum absolute atomic E-state index is 0.0266. The van der Waals surface area contributed by atoms with E-state index in [4.69, 9.17) is 4.74 Å². The highest BCUT2D eigenvalue weighted by Gasteiger charge is 2.10. The highest BCUT2D eigenvalue weighted by Crippen LogP contribution is 2.15. The zero-order valence-electron chi connectivity index (χ0n) is 13.0. The van der Waals surface area contributed by atoms with Crippen LogP contribution in [0.3, 0.4) is 0 Å². The Bertz CT molecular complexity index is 756. The van der Waals surface area contributed by atoms with Crippen molar-refractivity contribution in [2.75, 3.05) is 11.9 Å². The topological polar surface area (TPSA) is 98.5 Å². The number of nitro groups is 1. The van der Waals surface area contributed by atoms with Gasteiger partial charge in [0.2, 0.25) is 5.91 Å². The van der Waals surface area contributed by atoms with Crippen LogP contribution < -0.4 is 5.32 Å². The van der Waals surface area contributed by atoms with Crippen LogP contribution in [-0.4, -0.2) is 23.4 Å². The van der Waals surface area contributed by atoms with Gasteiger partial charge in [-0.05, 0) is 30.7 Å². The number of anilines is 1. The molecule has 0 radical (unpaired) electrons. The van der Waals surface area contributed by atoms with Crippen molar-refractivity contribution in [2.24, 2.45) is 0 Å². The molecule has 0 heterocycles.